The molecule has 0 unspecified atom stereocenters. The molecular weight excluding hydrogens is 304 g/mol. The summed E-state index contributed by atoms with van der Waals surface area (Å²) in [5, 5.41) is 2.53. The Morgan fingerprint density at radius 1 is 1.14 bits per heavy atom. The topological polar surface area (TPSA) is 75.7 Å². The third kappa shape index (κ3) is 4.45. The lowest BCUT2D eigenvalue weighted by molar-refractivity contribution is 0.168. The highest BCUT2D eigenvalue weighted by Crippen LogP contribution is 2.22. The van der Waals surface area contributed by atoms with Crippen LogP contribution in [-0.2, 0) is 14.8 Å². The average molecular weight is 328 g/mol. The highest BCUT2D eigenvalue weighted by molar-refractivity contribution is 7.89. The fourth-order valence-corrected chi connectivity index (χ4v) is 4.10. The Balaban J connectivity index is 3.00. The maximum atomic E-state index is 12.7. The molecule has 0 aliphatic rings. The lowest BCUT2D eigenvalue weighted by Crippen LogP contribution is -2.41. The minimum Gasteiger partial charge on any atom is -0.450 e. The summed E-state index contributed by atoms with van der Waals surface area (Å²) in [5.41, 5.74) is 0.484. The number of nitrogens with zero attached hydrogens (tertiary/aromatic N) is 1. The summed E-state index contributed by atoms with van der Waals surface area (Å²) in [6.07, 6.45) is -0.566. The standard InChI is InChI=1S/C15H24N2O4S/c1-6-21-15(18)16-13-7-9-14(10-8-13)22(19,20)17(11(2)3)12(4)5/h7-12H,6H2,1-5H3,(H,16,18). The van der Waals surface area contributed by atoms with Gasteiger partial charge in [0, 0.05) is 17.8 Å². The van der Waals surface area contributed by atoms with Crippen LogP contribution in [-0.4, -0.2) is 37.5 Å². The van der Waals surface area contributed by atoms with Crippen molar-refractivity contribution in [3.8, 4) is 0 Å². The fraction of sp³-hybridized carbons (Fsp3) is 0.533. The summed E-state index contributed by atoms with van der Waals surface area (Å²) in [4.78, 5) is 11.5. The Morgan fingerprint density at radius 3 is 2.05 bits per heavy atom. The van der Waals surface area contributed by atoms with Crippen molar-refractivity contribution in [2.24, 2.45) is 0 Å². The Morgan fingerprint density at radius 2 is 1.64 bits per heavy atom. The van der Waals surface area contributed by atoms with E-state index in [4.69, 9.17) is 4.74 Å². The van der Waals surface area contributed by atoms with Crippen LogP contribution in [0.2, 0.25) is 0 Å². The smallest absolute Gasteiger partial charge is 0.411 e. The van der Waals surface area contributed by atoms with Gasteiger partial charge in [0.05, 0.1) is 11.5 Å². The molecule has 124 valence electrons. The minimum atomic E-state index is -3.57. The summed E-state index contributed by atoms with van der Waals surface area (Å²) in [7, 11) is -3.57. The third-order valence-corrected chi connectivity index (χ3v) is 5.24. The molecule has 0 atom stereocenters. The van der Waals surface area contributed by atoms with Crippen molar-refractivity contribution in [3.05, 3.63) is 24.3 Å². The van der Waals surface area contributed by atoms with Crippen LogP contribution in [0, 0.1) is 0 Å². The van der Waals surface area contributed by atoms with Gasteiger partial charge in [-0.05, 0) is 58.9 Å². The van der Waals surface area contributed by atoms with E-state index in [0.29, 0.717) is 5.69 Å². The Bertz CT molecular complexity index is 586. The van der Waals surface area contributed by atoms with Crippen LogP contribution in [0.25, 0.3) is 0 Å². The molecule has 0 saturated heterocycles. The van der Waals surface area contributed by atoms with Gasteiger partial charge in [0.25, 0.3) is 0 Å². The highest BCUT2D eigenvalue weighted by Gasteiger charge is 2.29. The first-order valence-electron chi connectivity index (χ1n) is 7.27. The van der Waals surface area contributed by atoms with Gasteiger partial charge in [-0.25, -0.2) is 13.2 Å². The van der Waals surface area contributed by atoms with Crippen molar-refractivity contribution in [2.45, 2.75) is 51.6 Å². The number of sulfonamides is 1. The molecule has 0 aromatic heterocycles. The van der Waals surface area contributed by atoms with E-state index in [9.17, 15) is 13.2 Å². The summed E-state index contributed by atoms with van der Waals surface area (Å²) in [5.74, 6) is 0. The van der Waals surface area contributed by atoms with Crippen LogP contribution in [0.5, 0.6) is 0 Å². The monoisotopic (exact) mass is 328 g/mol. The zero-order chi connectivity index (χ0) is 16.9. The number of carbonyl (C=O) groups excluding carboxylic acids is 1. The van der Waals surface area contributed by atoms with E-state index in [2.05, 4.69) is 5.32 Å². The summed E-state index contributed by atoms with van der Waals surface area (Å²) in [6, 6.07) is 5.78. The van der Waals surface area contributed by atoms with Gasteiger partial charge in [-0.3, -0.25) is 5.32 Å². The molecule has 0 bridgehead atoms. The van der Waals surface area contributed by atoms with Gasteiger partial charge in [0.15, 0.2) is 0 Å². The molecule has 0 fully saturated rings. The molecule has 0 spiro atoms. The van der Waals surface area contributed by atoms with Crippen LogP contribution in [0.4, 0.5) is 10.5 Å². The quantitative estimate of drug-likeness (QED) is 0.871. The van der Waals surface area contributed by atoms with Crippen LogP contribution in [0.1, 0.15) is 34.6 Å². The number of rotatable bonds is 6. The zero-order valence-corrected chi connectivity index (χ0v) is 14.5. The molecule has 1 N–H and O–H groups in total. The second-order valence-corrected chi connectivity index (χ2v) is 7.24. The second kappa shape index (κ2) is 7.60. The number of benzene rings is 1. The van der Waals surface area contributed by atoms with Gasteiger partial charge in [0.2, 0.25) is 10.0 Å². The lowest BCUT2D eigenvalue weighted by Gasteiger charge is -2.29. The van der Waals surface area contributed by atoms with E-state index >= 15 is 0 Å². The van der Waals surface area contributed by atoms with Gasteiger partial charge in [-0.1, -0.05) is 0 Å². The maximum absolute atomic E-state index is 12.7. The van der Waals surface area contributed by atoms with E-state index in [-0.39, 0.29) is 23.6 Å². The van der Waals surface area contributed by atoms with Crippen molar-refractivity contribution < 1.29 is 17.9 Å². The molecule has 7 heteroatoms. The molecular formula is C15H24N2O4S. The van der Waals surface area contributed by atoms with Gasteiger partial charge < -0.3 is 4.74 Å². The first-order valence-corrected chi connectivity index (χ1v) is 8.71. The number of anilines is 1. The van der Waals surface area contributed by atoms with Crippen molar-refractivity contribution in [1.82, 2.24) is 4.31 Å². The predicted octanol–water partition coefficient (Wildman–Crippen LogP) is 3.06. The van der Waals surface area contributed by atoms with Gasteiger partial charge >= 0.3 is 6.09 Å². The second-order valence-electron chi connectivity index (χ2n) is 5.39. The van der Waals surface area contributed by atoms with Gasteiger partial charge in [-0.15, -0.1) is 0 Å². The molecule has 1 amide bonds. The first kappa shape index (κ1) is 18.4. The normalized spacial score (nSPS) is 12.0. The van der Waals surface area contributed by atoms with E-state index in [1.165, 1.54) is 16.4 Å². The number of nitrogens with one attached hydrogen (secondary N) is 1. The van der Waals surface area contributed by atoms with Crippen LogP contribution in [0.15, 0.2) is 29.2 Å². The molecule has 0 aliphatic heterocycles. The van der Waals surface area contributed by atoms with Crippen LogP contribution in [0.3, 0.4) is 0 Å². The van der Waals surface area contributed by atoms with Crippen LogP contribution >= 0.6 is 0 Å². The molecule has 0 radical (unpaired) electrons. The Kier molecular flexibility index (Phi) is 6.37. The summed E-state index contributed by atoms with van der Waals surface area (Å²) in [6.45, 7) is 9.35. The molecule has 0 aliphatic carbocycles. The zero-order valence-electron chi connectivity index (χ0n) is 13.7. The van der Waals surface area contributed by atoms with Crippen LogP contribution < -0.4 is 5.32 Å². The lowest BCUT2D eigenvalue weighted by atomic mass is 10.3. The highest BCUT2D eigenvalue weighted by atomic mass is 32.2. The molecule has 22 heavy (non-hydrogen) atoms. The Labute approximate surface area is 132 Å². The van der Waals surface area contributed by atoms with E-state index in [0.717, 1.165) is 0 Å². The molecule has 0 heterocycles. The van der Waals surface area contributed by atoms with Crippen molar-refractivity contribution in [1.29, 1.82) is 0 Å². The molecule has 0 saturated carbocycles. The van der Waals surface area contributed by atoms with E-state index in [1.807, 2.05) is 27.7 Å². The number of carbonyl (C=O) groups is 1. The van der Waals surface area contributed by atoms with Crippen molar-refractivity contribution in [3.63, 3.8) is 0 Å². The van der Waals surface area contributed by atoms with E-state index in [1.54, 1.807) is 19.1 Å². The number of hydrogen-bond acceptors (Lipinski definition) is 4. The fourth-order valence-electron chi connectivity index (χ4n) is 2.27. The van der Waals surface area contributed by atoms with Crippen molar-refractivity contribution in [2.75, 3.05) is 11.9 Å². The molecule has 1 aromatic rings. The average Bonchev–Trinajstić information content (AvgIpc) is 2.38. The molecule has 1 rings (SSSR count). The Hall–Kier alpha value is -1.60. The summed E-state index contributed by atoms with van der Waals surface area (Å²) < 4.78 is 31.6. The van der Waals surface area contributed by atoms with Gasteiger partial charge in [0.1, 0.15) is 0 Å². The predicted molar refractivity (Wildman–Crippen MR) is 86.4 cm³/mol. The summed E-state index contributed by atoms with van der Waals surface area (Å²) >= 11 is 0. The molecule has 1 aromatic carbocycles. The first-order chi connectivity index (χ1) is 10.2. The SMILES string of the molecule is CCOC(=O)Nc1ccc(S(=O)(=O)N(C(C)C)C(C)C)cc1. The largest absolute Gasteiger partial charge is 0.450 e. The number of amides is 1. The minimum absolute atomic E-state index is 0.137. The van der Waals surface area contributed by atoms with E-state index < -0.39 is 16.1 Å². The maximum Gasteiger partial charge on any atom is 0.411 e. The number of hydrogen-bond donors (Lipinski definition) is 1. The molecule has 6 nitrogen and oxygen atoms in total. The number of ether oxygens (including phenoxy) is 1. The van der Waals surface area contributed by atoms with Gasteiger partial charge in [-0.2, -0.15) is 4.31 Å². The van der Waals surface area contributed by atoms with Crippen molar-refractivity contribution >= 4 is 21.8 Å². The third-order valence-electron chi connectivity index (χ3n) is 2.97.